The number of anilines is 2. The number of nitrogens with zero attached hydrogens (tertiary/aromatic N) is 1. The maximum atomic E-state index is 15.2. The monoisotopic (exact) mass is 619 g/mol. The summed E-state index contributed by atoms with van der Waals surface area (Å²) in [5.74, 6) is -1.45. The number of carbonyl (C=O) groups excluding carboxylic acids is 3. The van der Waals surface area contributed by atoms with Crippen molar-refractivity contribution in [1.29, 1.82) is 0 Å². The van der Waals surface area contributed by atoms with E-state index < -0.39 is 28.9 Å². The molecule has 1 fully saturated rings. The van der Waals surface area contributed by atoms with Gasteiger partial charge in [-0.2, -0.15) is 0 Å². The molecule has 0 saturated heterocycles. The summed E-state index contributed by atoms with van der Waals surface area (Å²) in [6, 6.07) is 14.1. The number of fused-ring (bicyclic) bond motifs is 1. The summed E-state index contributed by atoms with van der Waals surface area (Å²) in [5.41, 5.74) is -0.248. The van der Waals surface area contributed by atoms with Gasteiger partial charge in [0.25, 0.3) is 0 Å². The fourth-order valence-electron chi connectivity index (χ4n) is 4.64. The molecular weight excluding hydrogens is 588 g/mol. The molecule has 1 aromatic heterocycles. The van der Waals surface area contributed by atoms with Crippen LogP contribution in [0.5, 0.6) is 23.0 Å². The minimum atomic E-state index is -1.29. The van der Waals surface area contributed by atoms with Crippen molar-refractivity contribution in [1.82, 2.24) is 4.98 Å². The number of rotatable bonds is 13. The number of carbonyl (C=O) groups is 3. The van der Waals surface area contributed by atoms with Crippen molar-refractivity contribution in [2.75, 3.05) is 31.5 Å². The molecule has 1 heterocycles. The predicted octanol–water partition coefficient (Wildman–Crippen LogP) is 6.39. The number of benzene rings is 3. The van der Waals surface area contributed by atoms with E-state index in [1.807, 2.05) is 0 Å². The standard InChI is InChI=1S/C33H31F2N3O7/c1-42-28-18-23-25(19-29(28)44-16-4-3-5-30(39)43-2)36-15-12-26(23)45-27-11-10-22(17-24(27)35)38-32(41)33(13-14-33)31(40)37-21-8-6-20(34)7-9-21/h6-12,15,17-19H,3-5,13-14,16H2,1-2H3,(H,37,40)(H,38,41). The maximum Gasteiger partial charge on any atom is 0.305 e. The van der Waals surface area contributed by atoms with Gasteiger partial charge in [0, 0.05) is 41.5 Å². The lowest BCUT2D eigenvalue weighted by molar-refractivity contribution is -0.140. The highest BCUT2D eigenvalue weighted by molar-refractivity contribution is 6.16. The van der Waals surface area contributed by atoms with E-state index in [4.69, 9.17) is 14.2 Å². The third-order valence-corrected chi connectivity index (χ3v) is 7.38. The van der Waals surface area contributed by atoms with E-state index in [0.717, 1.165) is 6.07 Å². The number of aromatic nitrogens is 1. The lowest BCUT2D eigenvalue weighted by atomic mass is 10.0. The van der Waals surface area contributed by atoms with Gasteiger partial charge in [0.15, 0.2) is 23.1 Å². The van der Waals surface area contributed by atoms with Crippen LogP contribution in [0.3, 0.4) is 0 Å². The molecule has 234 valence electrons. The molecule has 45 heavy (non-hydrogen) atoms. The van der Waals surface area contributed by atoms with Crippen molar-refractivity contribution in [3.8, 4) is 23.0 Å². The van der Waals surface area contributed by atoms with Gasteiger partial charge >= 0.3 is 5.97 Å². The van der Waals surface area contributed by atoms with Crippen molar-refractivity contribution in [2.24, 2.45) is 5.41 Å². The molecule has 2 amide bonds. The first-order chi connectivity index (χ1) is 21.7. The molecule has 12 heteroatoms. The smallest absolute Gasteiger partial charge is 0.305 e. The van der Waals surface area contributed by atoms with Gasteiger partial charge in [-0.25, -0.2) is 8.78 Å². The zero-order chi connectivity index (χ0) is 32.0. The summed E-state index contributed by atoms with van der Waals surface area (Å²) in [5, 5.41) is 5.80. The predicted molar refractivity (Wildman–Crippen MR) is 161 cm³/mol. The van der Waals surface area contributed by atoms with Crippen LogP contribution in [0.4, 0.5) is 20.2 Å². The highest BCUT2D eigenvalue weighted by atomic mass is 19.1. The van der Waals surface area contributed by atoms with Gasteiger partial charge in [0.05, 0.1) is 26.3 Å². The summed E-state index contributed by atoms with van der Waals surface area (Å²) in [6.45, 7) is 0.350. The SMILES string of the molecule is COC(=O)CCCCOc1cc2nccc(Oc3ccc(NC(=O)C4(C(=O)Nc5ccc(F)cc5)CC4)cc3F)c2cc1OC. The molecule has 0 bridgehead atoms. The van der Waals surface area contributed by atoms with Crippen LogP contribution in [-0.4, -0.2) is 43.6 Å². The Bertz CT molecular complexity index is 1730. The number of halogens is 2. The Labute approximate surface area is 257 Å². The van der Waals surface area contributed by atoms with Gasteiger partial charge in [-0.15, -0.1) is 0 Å². The van der Waals surface area contributed by atoms with Crippen LogP contribution in [0.15, 0.2) is 66.9 Å². The van der Waals surface area contributed by atoms with Crippen molar-refractivity contribution in [3.63, 3.8) is 0 Å². The number of unbranched alkanes of at least 4 members (excludes halogenated alkanes) is 1. The van der Waals surface area contributed by atoms with E-state index in [-0.39, 0.29) is 17.4 Å². The van der Waals surface area contributed by atoms with Crippen molar-refractivity contribution >= 4 is 40.1 Å². The van der Waals surface area contributed by atoms with Crippen LogP contribution in [0.1, 0.15) is 32.1 Å². The number of amides is 2. The number of hydrogen-bond acceptors (Lipinski definition) is 8. The molecule has 2 N–H and O–H groups in total. The summed E-state index contributed by atoms with van der Waals surface area (Å²) in [4.78, 5) is 41.5. The third-order valence-electron chi connectivity index (χ3n) is 7.38. The number of nitrogens with one attached hydrogen (secondary N) is 2. The van der Waals surface area contributed by atoms with E-state index >= 15 is 4.39 Å². The Hall–Kier alpha value is -5.26. The average Bonchev–Trinajstić information content (AvgIpc) is 3.85. The van der Waals surface area contributed by atoms with Crippen molar-refractivity contribution < 1.29 is 42.1 Å². The van der Waals surface area contributed by atoms with E-state index in [2.05, 4.69) is 20.4 Å². The fourth-order valence-corrected chi connectivity index (χ4v) is 4.64. The molecule has 4 aromatic rings. The largest absolute Gasteiger partial charge is 0.493 e. The van der Waals surface area contributed by atoms with Crippen LogP contribution in [0.25, 0.3) is 10.9 Å². The maximum absolute atomic E-state index is 15.2. The highest BCUT2D eigenvalue weighted by Gasteiger charge is 2.56. The minimum Gasteiger partial charge on any atom is -0.493 e. The van der Waals surface area contributed by atoms with E-state index in [1.54, 1.807) is 18.2 Å². The normalized spacial score (nSPS) is 13.1. The first-order valence-electron chi connectivity index (χ1n) is 14.2. The Balaban J connectivity index is 1.25. The number of esters is 1. The van der Waals surface area contributed by atoms with E-state index in [9.17, 15) is 18.8 Å². The van der Waals surface area contributed by atoms with Gasteiger partial charge in [-0.05, 0) is 74.2 Å². The lowest BCUT2D eigenvalue weighted by Gasteiger charge is -2.16. The van der Waals surface area contributed by atoms with Crippen molar-refractivity contribution in [3.05, 3.63) is 78.5 Å². The first kappa shape index (κ1) is 31.2. The van der Waals surface area contributed by atoms with Crippen LogP contribution in [-0.2, 0) is 19.1 Å². The second kappa shape index (κ2) is 13.6. The molecule has 0 spiro atoms. The van der Waals surface area contributed by atoms with Crippen LogP contribution in [0.2, 0.25) is 0 Å². The fraction of sp³-hybridized carbons (Fsp3) is 0.273. The van der Waals surface area contributed by atoms with Crippen LogP contribution < -0.4 is 24.8 Å². The lowest BCUT2D eigenvalue weighted by Crippen LogP contribution is -2.35. The Morgan fingerprint density at radius 2 is 1.53 bits per heavy atom. The van der Waals surface area contributed by atoms with Gasteiger partial charge in [0.2, 0.25) is 11.8 Å². The Morgan fingerprint density at radius 1 is 0.822 bits per heavy atom. The van der Waals surface area contributed by atoms with Crippen LogP contribution in [0, 0.1) is 17.0 Å². The molecule has 1 aliphatic carbocycles. The second-order valence-electron chi connectivity index (χ2n) is 10.5. The van der Waals surface area contributed by atoms with Gasteiger partial charge in [-0.1, -0.05) is 0 Å². The summed E-state index contributed by atoms with van der Waals surface area (Å²) in [7, 11) is 2.84. The average molecular weight is 620 g/mol. The first-order valence-corrected chi connectivity index (χ1v) is 14.2. The molecule has 5 rings (SSSR count). The summed E-state index contributed by atoms with van der Waals surface area (Å²) >= 11 is 0. The Morgan fingerprint density at radius 3 is 2.20 bits per heavy atom. The van der Waals surface area contributed by atoms with Gasteiger partial charge < -0.3 is 29.6 Å². The number of ether oxygens (including phenoxy) is 4. The van der Waals surface area contributed by atoms with Crippen molar-refractivity contribution in [2.45, 2.75) is 32.1 Å². The quantitative estimate of drug-likeness (QED) is 0.100. The molecular formula is C33H31F2N3O7. The minimum absolute atomic E-state index is 0.0967. The van der Waals surface area contributed by atoms with Gasteiger partial charge in [-0.3, -0.25) is 19.4 Å². The summed E-state index contributed by atoms with van der Waals surface area (Å²) in [6.07, 6.45) is 3.72. The molecule has 3 aromatic carbocycles. The van der Waals surface area contributed by atoms with E-state index in [1.165, 1.54) is 56.8 Å². The zero-order valence-corrected chi connectivity index (χ0v) is 24.7. The topological polar surface area (TPSA) is 125 Å². The van der Waals surface area contributed by atoms with Gasteiger partial charge in [0.1, 0.15) is 17.0 Å². The molecule has 0 unspecified atom stereocenters. The molecule has 10 nitrogen and oxygen atoms in total. The number of pyridine rings is 1. The van der Waals surface area contributed by atoms with Crippen LogP contribution >= 0.6 is 0 Å². The van der Waals surface area contributed by atoms with E-state index in [0.29, 0.717) is 72.5 Å². The summed E-state index contributed by atoms with van der Waals surface area (Å²) < 4.78 is 50.3. The molecule has 1 aliphatic rings. The molecule has 1 saturated carbocycles. The second-order valence-corrected chi connectivity index (χ2v) is 10.5. The highest BCUT2D eigenvalue weighted by Crippen LogP contribution is 2.47. The number of methoxy groups -OCH3 is 2. The molecule has 0 aliphatic heterocycles. The Kier molecular flexibility index (Phi) is 9.41. The molecule has 0 atom stereocenters. The third kappa shape index (κ3) is 7.28. The number of hydrogen-bond donors (Lipinski definition) is 2. The zero-order valence-electron chi connectivity index (χ0n) is 24.7. The molecule has 0 radical (unpaired) electrons.